The molecule has 230 valence electrons. The number of halogens is 5. The molecule has 16 heteroatoms. The number of aryl methyl sites for hydroxylation is 1. The molecule has 2 aromatic carbocycles. The van der Waals surface area contributed by atoms with Crippen molar-refractivity contribution in [3.63, 3.8) is 0 Å². The number of pyridine rings is 1. The number of anilines is 1. The molecular weight excluding hydrogens is 595 g/mol. The van der Waals surface area contributed by atoms with Crippen molar-refractivity contribution in [1.82, 2.24) is 24.9 Å². The Kier molecular flexibility index (Phi) is 9.82. The number of ether oxygens (including phenoxy) is 1. The average molecular weight is 619 g/mol. The standard InChI is InChI=1S/C28H23F5N6O5/c29-19(9-11-38-12-10-21(23(30)27(38)43)35-26(42)24(40)18-6-2-1-3-7-18)15-39-16-22(36-37-39)25(41)34-14-17-5-4-8-20(13-17)44-28(31,32)33/h1-8,10,12-13,16,19H,9,11,14-15H2,(H,34,41)(H,35,42). The topological polar surface area (TPSA) is 137 Å². The predicted molar refractivity (Wildman–Crippen MR) is 144 cm³/mol. The summed E-state index contributed by atoms with van der Waals surface area (Å²) in [5.74, 6) is -4.56. The lowest BCUT2D eigenvalue weighted by Crippen LogP contribution is -2.29. The lowest BCUT2D eigenvalue weighted by molar-refractivity contribution is -0.274. The summed E-state index contributed by atoms with van der Waals surface area (Å²) < 4.78 is 72.3. The second kappa shape index (κ2) is 13.7. The van der Waals surface area contributed by atoms with Gasteiger partial charge < -0.3 is 19.9 Å². The van der Waals surface area contributed by atoms with Crippen LogP contribution in [0.5, 0.6) is 5.75 Å². The van der Waals surface area contributed by atoms with Crippen molar-refractivity contribution in [2.24, 2.45) is 0 Å². The van der Waals surface area contributed by atoms with Gasteiger partial charge in [0.05, 0.1) is 18.4 Å². The van der Waals surface area contributed by atoms with Crippen LogP contribution in [0.2, 0.25) is 0 Å². The lowest BCUT2D eigenvalue weighted by Gasteiger charge is -2.11. The number of carbonyl (C=O) groups is 3. The number of ketones is 1. The molecule has 4 aromatic rings. The summed E-state index contributed by atoms with van der Waals surface area (Å²) >= 11 is 0. The van der Waals surface area contributed by atoms with Crippen LogP contribution in [-0.4, -0.2) is 49.7 Å². The average Bonchev–Trinajstić information content (AvgIpc) is 3.45. The minimum absolute atomic E-state index is 0.0806. The van der Waals surface area contributed by atoms with E-state index in [1.807, 2.05) is 0 Å². The third-order valence-corrected chi connectivity index (χ3v) is 6.02. The van der Waals surface area contributed by atoms with E-state index in [9.17, 15) is 41.1 Å². The molecule has 1 atom stereocenters. The van der Waals surface area contributed by atoms with E-state index < -0.39 is 52.9 Å². The van der Waals surface area contributed by atoms with Crippen LogP contribution in [0.4, 0.5) is 27.6 Å². The van der Waals surface area contributed by atoms with Crippen LogP contribution in [0, 0.1) is 5.82 Å². The highest BCUT2D eigenvalue weighted by Crippen LogP contribution is 2.23. The highest BCUT2D eigenvalue weighted by molar-refractivity contribution is 6.46. The van der Waals surface area contributed by atoms with Crippen LogP contribution in [-0.2, 0) is 24.4 Å². The molecule has 4 rings (SSSR count). The molecule has 0 bridgehead atoms. The molecule has 44 heavy (non-hydrogen) atoms. The largest absolute Gasteiger partial charge is 0.573 e. The number of hydrogen-bond donors (Lipinski definition) is 2. The molecule has 2 aromatic heterocycles. The monoisotopic (exact) mass is 618 g/mol. The van der Waals surface area contributed by atoms with E-state index in [1.54, 1.807) is 18.2 Å². The van der Waals surface area contributed by atoms with Crippen LogP contribution in [0.15, 0.2) is 77.9 Å². The number of rotatable bonds is 12. The molecular formula is C28H23F5N6O5. The maximum Gasteiger partial charge on any atom is 0.573 e. The second-order valence-electron chi connectivity index (χ2n) is 9.28. The van der Waals surface area contributed by atoms with Gasteiger partial charge in [-0.05, 0) is 30.2 Å². The van der Waals surface area contributed by atoms with Gasteiger partial charge in [-0.2, -0.15) is 4.39 Å². The third kappa shape index (κ3) is 8.56. The van der Waals surface area contributed by atoms with E-state index in [-0.39, 0.29) is 37.3 Å². The maximum absolute atomic E-state index is 14.7. The van der Waals surface area contributed by atoms with Gasteiger partial charge in [0.1, 0.15) is 11.9 Å². The number of amides is 2. The Labute approximate surface area is 245 Å². The van der Waals surface area contributed by atoms with Gasteiger partial charge in [-0.3, -0.25) is 19.2 Å². The first-order valence-corrected chi connectivity index (χ1v) is 12.9. The van der Waals surface area contributed by atoms with Gasteiger partial charge in [0.25, 0.3) is 23.2 Å². The zero-order chi connectivity index (χ0) is 31.9. The van der Waals surface area contributed by atoms with Crippen molar-refractivity contribution in [3.05, 3.63) is 106 Å². The first-order chi connectivity index (χ1) is 20.9. The fourth-order valence-corrected chi connectivity index (χ4v) is 3.91. The van der Waals surface area contributed by atoms with E-state index in [0.717, 1.165) is 39.8 Å². The molecule has 0 aliphatic heterocycles. The number of carbonyl (C=O) groups excluding carboxylic acids is 3. The highest BCUT2D eigenvalue weighted by atomic mass is 19.4. The van der Waals surface area contributed by atoms with Crippen molar-refractivity contribution in [3.8, 4) is 5.75 Å². The quantitative estimate of drug-likeness (QED) is 0.141. The van der Waals surface area contributed by atoms with Crippen LogP contribution in [0.25, 0.3) is 0 Å². The Morgan fingerprint density at radius 3 is 2.50 bits per heavy atom. The van der Waals surface area contributed by atoms with E-state index >= 15 is 0 Å². The summed E-state index contributed by atoms with van der Waals surface area (Å²) in [5, 5.41) is 11.8. The minimum Gasteiger partial charge on any atom is -0.406 e. The first-order valence-electron chi connectivity index (χ1n) is 12.9. The summed E-state index contributed by atoms with van der Waals surface area (Å²) in [6, 6.07) is 13.6. The highest BCUT2D eigenvalue weighted by Gasteiger charge is 2.31. The van der Waals surface area contributed by atoms with Crippen molar-refractivity contribution >= 4 is 23.3 Å². The molecule has 2 heterocycles. The molecule has 0 spiro atoms. The zero-order valence-corrected chi connectivity index (χ0v) is 22.6. The number of benzene rings is 2. The maximum atomic E-state index is 14.7. The molecule has 0 aliphatic carbocycles. The van der Waals surface area contributed by atoms with Crippen LogP contribution >= 0.6 is 0 Å². The van der Waals surface area contributed by atoms with E-state index in [4.69, 9.17) is 0 Å². The normalized spacial score (nSPS) is 11.9. The molecule has 0 aliphatic rings. The zero-order valence-electron chi connectivity index (χ0n) is 22.6. The van der Waals surface area contributed by atoms with Gasteiger partial charge >= 0.3 is 6.36 Å². The van der Waals surface area contributed by atoms with Crippen molar-refractivity contribution in [2.45, 2.75) is 38.6 Å². The molecule has 0 radical (unpaired) electrons. The summed E-state index contributed by atoms with van der Waals surface area (Å²) in [4.78, 5) is 49.1. The third-order valence-electron chi connectivity index (χ3n) is 6.02. The SMILES string of the molecule is O=C(Nc1ccn(CCC(F)Cn2cc(C(=O)NCc3cccc(OC(F)(F)F)c3)nn2)c(=O)c1F)C(=O)c1ccccc1. The van der Waals surface area contributed by atoms with E-state index in [2.05, 4.69) is 25.7 Å². The van der Waals surface area contributed by atoms with Crippen LogP contribution in [0.1, 0.15) is 32.8 Å². The minimum atomic E-state index is -4.87. The van der Waals surface area contributed by atoms with Gasteiger partial charge in [-0.25, -0.2) is 9.07 Å². The van der Waals surface area contributed by atoms with Gasteiger partial charge in [0.15, 0.2) is 5.69 Å². The number of Topliss-reactive ketones (excluding diaryl/α,β-unsaturated/α-hetero) is 1. The Morgan fingerprint density at radius 2 is 1.77 bits per heavy atom. The van der Waals surface area contributed by atoms with E-state index in [0.29, 0.717) is 5.56 Å². The smallest absolute Gasteiger partial charge is 0.406 e. The van der Waals surface area contributed by atoms with Crippen molar-refractivity contribution in [2.75, 3.05) is 5.32 Å². The summed E-state index contributed by atoms with van der Waals surface area (Å²) in [6.07, 6.45) is -4.42. The molecule has 0 saturated heterocycles. The van der Waals surface area contributed by atoms with Gasteiger partial charge in [0, 0.05) is 24.8 Å². The van der Waals surface area contributed by atoms with Crippen LogP contribution < -0.4 is 20.9 Å². The Balaban J connectivity index is 1.27. The Morgan fingerprint density at radius 1 is 1.02 bits per heavy atom. The Bertz CT molecular complexity index is 1710. The molecule has 0 saturated carbocycles. The van der Waals surface area contributed by atoms with Crippen molar-refractivity contribution < 1.29 is 41.1 Å². The molecule has 0 fully saturated rings. The lowest BCUT2D eigenvalue weighted by atomic mass is 10.1. The van der Waals surface area contributed by atoms with E-state index in [1.165, 1.54) is 24.3 Å². The molecule has 1 unspecified atom stereocenters. The first kappa shape index (κ1) is 31.5. The number of hydrogen-bond acceptors (Lipinski definition) is 7. The number of nitrogens with one attached hydrogen (secondary N) is 2. The number of aromatic nitrogens is 4. The molecule has 2 N–H and O–H groups in total. The Hall–Kier alpha value is -5.41. The van der Waals surface area contributed by atoms with Crippen LogP contribution in [0.3, 0.4) is 0 Å². The van der Waals surface area contributed by atoms with Gasteiger partial charge in [-0.15, -0.1) is 18.3 Å². The summed E-state index contributed by atoms with van der Waals surface area (Å²) in [5.41, 5.74) is -1.43. The summed E-state index contributed by atoms with van der Waals surface area (Å²) in [6.45, 7) is -0.749. The van der Waals surface area contributed by atoms with Gasteiger partial charge in [-0.1, -0.05) is 47.7 Å². The van der Waals surface area contributed by atoms with Crippen molar-refractivity contribution in [1.29, 1.82) is 0 Å². The second-order valence-corrected chi connectivity index (χ2v) is 9.28. The fraction of sp³-hybridized carbons (Fsp3) is 0.214. The predicted octanol–water partition coefficient (Wildman–Crippen LogP) is 3.66. The number of alkyl halides is 4. The number of nitrogens with zero attached hydrogens (tertiary/aromatic N) is 4. The van der Waals surface area contributed by atoms with Gasteiger partial charge in [0.2, 0.25) is 5.82 Å². The summed E-state index contributed by atoms with van der Waals surface area (Å²) in [7, 11) is 0. The molecule has 11 nitrogen and oxygen atoms in total. The fourth-order valence-electron chi connectivity index (χ4n) is 3.91. The molecule has 2 amide bonds.